The van der Waals surface area contributed by atoms with Gasteiger partial charge in [0.15, 0.2) is 12.4 Å². The van der Waals surface area contributed by atoms with E-state index in [1.54, 1.807) is 18.2 Å². The minimum absolute atomic E-state index is 0.137. The van der Waals surface area contributed by atoms with E-state index in [1.807, 2.05) is 24.3 Å². The van der Waals surface area contributed by atoms with Gasteiger partial charge in [-0.1, -0.05) is 26.0 Å². The Morgan fingerprint density at radius 3 is 2.32 bits per heavy atom. The average molecular weight is 341 g/mol. The van der Waals surface area contributed by atoms with Crippen LogP contribution in [0, 0.1) is 0 Å². The Kier molecular flexibility index (Phi) is 6.17. The SMILES string of the molecule is COc1ccc(C(C)=O)c(OCC(=O)Nc2ccc(C(C)C)cc2)c1. The van der Waals surface area contributed by atoms with Crippen molar-refractivity contribution in [3.8, 4) is 11.5 Å². The van der Waals surface area contributed by atoms with Gasteiger partial charge in [0.1, 0.15) is 11.5 Å². The van der Waals surface area contributed by atoms with Crippen LogP contribution in [0.2, 0.25) is 0 Å². The summed E-state index contributed by atoms with van der Waals surface area (Å²) in [6.45, 7) is 5.48. The van der Waals surface area contributed by atoms with Gasteiger partial charge in [0.05, 0.1) is 12.7 Å². The van der Waals surface area contributed by atoms with Crippen molar-refractivity contribution in [3.05, 3.63) is 53.6 Å². The molecule has 0 bridgehead atoms. The lowest BCUT2D eigenvalue weighted by atomic mass is 10.0. The van der Waals surface area contributed by atoms with Crippen LogP contribution in [-0.2, 0) is 4.79 Å². The first-order valence-electron chi connectivity index (χ1n) is 8.12. The zero-order valence-electron chi connectivity index (χ0n) is 15.0. The zero-order valence-corrected chi connectivity index (χ0v) is 15.0. The van der Waals surface area contributed by atoms with Crippen LogP contribution in [0.15, 0.2) is 42.5 Å². The molecule has 0 unspecified atom stereocenters. The molecule has 0 atom stereocenters. The molecule has 25 heavy (non-hydrogen) atoms. The smallest absolute Gasteiger partial charge is 0.262 e. The zero-order chi connectivity index (χ0) is 18.4. The van der Waals surface area contributed by atoms with Crippen molar-refractivity contribution < 1.29 is 19.1 Å². The molecule has 5 heteroatoms. The van der Waals surface area contributed by atoms with E-state index >= 15 is 0 Å². The minimum atomic E-state index is -0.297. The third kappa shape index (κ3) is 5.08. The molecule has 0 aliphatic heterocycles. The summed E-state index contributed by atoms with van der Waals surface area (Å²) in [5, 5.41) is 2.78. The van der Waals surface area contributed by atoms with Crippen LogP contribution in [-0.4, -0.2) is 25.4 Å². The second-order valence-electron chi connectivity index (χ2n) is 6.03. The third-order valence-electron chi connectivity index (χ3n) is 3.79. The second-order valence-corrected chi connectivity index (χ2v) is 6.03. The first-order chi connectivity index (χ1) is 11.9. The molecule has 0 aromatic heterocycles. The van der Waals surface area contributed by atoms with Crippen LogP contribution >= 0.6 is 0 Å². The summed E-state index contributed by atoms with van der Waals surface area (Å²) in [6, 6.07) is 12.6. The predicted molar refractivity (Wildman–Crippen MR) is 97.7 cm³/mol. The van der Waals surface area contributed by atoms with E-state index in [-0.39, 0.29) is 18.3 Å². The normalized spacial score (nSPS) is 10.4. The van der Waals surface area contributed by atoms with Crippen molar-refractivity contribution in [3.63, 3.8) is 0 Å². The van der Waals surface area contributed by atoms with Crippen molar-refractivity contribution in [2.45, 2.75) is 26.7 Å². The molecule has 2 rings (SSSR count). The van der Waals surface area contributed by atoms with E-state index in [2.05, 4.69) is 19.2 Å². The molecule has 0 saturated heterocycles. The summed E-state index contributed by atoms with van der Waals surface area (Å²) in [7, 11) is 1.53. The van der Waals surface area contributed by atoms with Gasteiger partial charge in [-0.25, -0.2) is 0 Å². The highest BCUT2D eigenvalue weighted by Gasteiger charge is 2.12. The molecule has 132 valence electrons. The Labute approximate surface area is 148 Å². The molecule has 2 aromatic rings. The summed E-state index contributed by atoms with van der Waals surface area (Å²) in [5.41, 5.74) is 2.32. The molecule has 0 aliphatic rings. The first-order valence-corrected chi connectivity index (χ1v) is 8.12. The van der Waals surface area contributed by atoms with Crippen LogP contribution < -0.4 is 14.8 Å². The van der Waals surface area contributed by atoms with Gasteiger partial charge in [0.25, 0.3) is 5.91 Å². The van der Waals surface area contributed by atoms with Gasteiger partial charge in [0.2, 0.25) is 0 Å². The topological polar surface area (TPSA) is 64.6 Å². The number of rotatable bonds is 7. The molecule has 1 N–H and O–H groups in total. The third-order valence-corrected chi connectivity index (χ3v) is 3.79. The van der Waals surface area contributed by atoms with Crippen LogP contribution in [0.5, 0.6) is 11.5 Å². The van der Waals surface area contributed by atoms with Gasteiger partial charge in [-0.05, 0) is 42.7 Å². The molecule has 0 heterocycles. The first kappa shape index (κ1) is 18.5. The number of hydrogen-bond acceptors (Lipinski definition) is 4. The van der Waals surface area contributed by atoms with Crippen LogP contribution in [0.1, 0.15) is 42.6 Å². The molecule has 5 nitrogen and oxygen atoms in total. The molecular weight excluding hydrogens is 318 g/mol. The van der Waals surface area contributed by atoms with E-state index < -0.39 is 0 Å². The molecule has 0 aliphatic carbocycles. The average Bonchev–Trinajstić information content (AvgIpc) is 2.60. The number of anilines is 1. The van der Waals surface area contributed by atoms with Gasteiger partial charge in [-0.15, -0.1) is 0 Å². The molecule has 0 radical (unpaired) electrons. The molecule has 2 aromatic carbocycles. The standard InChI is InChI=1S/C20H23NO4/c1-13(2)15-5-7-16(8-6-15)21-20(23)12-25-19-11-17(24-4)9-10-18(19)14(3)22/h5-11,13H,12H2,1-4H3,(H,21,23). The summed E-state index contributed by atoms with van der Waals surface area (Å²) in [6.07, 6.45) is 0. The second kappa shape index (κ2) is 8.33. The monoisotopic (exact) mass is 341 g/mol. The highest BCUT2D eigenvalue weighted by atomic mass is 16.5. The van der Waals surface area contributed by atoms with Crippen LogP contribution in [0.3, 0.4) is 0 Å². The fraction of sp³-hybridized carbons (Fsp3) is 0.300. The lowest BCUT2D eigenvalue weighted by molar-refractivity contribution is -0.118. The van der Waals surface area contributed by atoms with E-state index in [1.165, 1.54) is 19.6 Å². The Morgan fingerprint density at radius 2 is 1.76 bits per heavy atom. The number of Topliss-reactive ketones (excluding diaryl/α,β-unsaturated/α-hetero) is 1. The number of methoxy groups -OCH3 is 1. The molecule has 0 spiro atoms. The lowest BCUT2D eigenvalue weighted by Gasteiger charge is -2.12. The van der Waals surface area contributed by atoms with Crippen molar-refractivity contribution in [1.82, 2.24) is 0 Å². The van der Waals surface area contributed by atoms with Crippen LogP contribution in [0.25, 0.3) is 0 Å². The van der Waals surface area contributed by atoms with Crippen molar-refractivity contribution in [1.29, 1.82) is 0 Å². The largest absolute Gasteiger partial charge is 0.497 e. The maximum Gasteiger partial charge on any atom is 0.262 e. The maximum absolute atomic E-state index is 12.1. The summed E-state index contributed by atoms with van der Waals surface area (Å²) in [5.74, 6) is 0.893. The summed E-state index contributed by atoms with van der Waals surface area (Å²) < 4.78 is 10.7. The Balaban J connectivity index is 2.01. The number of ether oxygens (including phenoxy) is 2. The van der Waals surface area contributed by atoms with Gasteiger partial charge < -0.3 is 14.8 Å². The number of ketones is 1. The molecule has 1 amide bonds. The van der Waals surface area contributed by atoms with E-state index in [4.69, 9.17) is 9.47 Å². The maximum atomic E-state index is 12.1. The Hall–Kier alpha value is -2.82. The summed E-state index contributed by atoms with van der Waals surface area (Å²) >= 11 is 0. The highest BCUT2D eigenvalue weighted by Crippen LogP contribution is 2.25. The summed E-state index contributed by atoms with van der Waals surface area (Å²) in [4.78, 5) is 23.8. The molecule has 0 saturated carbocycles. The van der Waals surface area contributed by atoms with E-state index in [0.29, 0.717) is 28.7 Å². The minimum Gasteiger partial charge on any atom is -0.497 e. The quantitative estimate of drug-likeness (QED) is 0.772. The van der Waals surface area contributed by atoms with Crippen molar-refractivity contribution in [2.75, 3.05) is 19.0 Å². The number of carbonyl (C=O) groups is 2. The number of nitrogens with one attached hydrogen (secondary N) is 1. The number of benzene rings is 2. The Morgan fingerprint density at radius 1 is 1.08 bits per heavy atom. The fourth-order valence-electron chi connectivity index (χ4n) is 2.33. The van der Waals surface area contributed by atoms with E-state index in [0.717, 1.165) is 0 Å². The fourth-order valence-corrected chi connectivity index (χ4v) is 2.33. The van der Waals surface area contributed by atoms with Crippen molar-refractivity contribution >= 4 is 17.4 Å². The van der Waals surface area contributed by atoms with Crippen LogP contribution in [0.4, 0.5) is 5.69 Å². The highest BCUT2D eigenvalue weighted by molar-refractivity contribution is 5.97. The molecule has 0 fully saturated rings. The Bertz CT molecular complexity index is 751. The molecular formula is C20H23NO4. The number of carbonyl (C=O) groups excluding carboxylic acids is 2. The number of hydrogen-bond donors (Lipinski definition) is 1. The number of amides is 1. The van der Waals surface area contributed by atoms with E-state index in [9.17, 15) is 9.59 Å². The predicted octanol–water partition coefficient (Wildman–Crippen LogP) is 4.04. The van der Waals surface area contributed by atoms with Gasteiger partial charge in [-0.2, -0.15) is 0 Å². The lowest BCUT2D eigenvalue weighted by Crippen LogP contribution is -2.20. The van der Waals surface area contributed by atoms with Gasteiger partial charge in [0, 0.05) is 11.8 Å². The van der Waals surface area contributed by atoms with Gasteiger partial charge in [-0.3, -0.25) is 9.59 Å². The van der Waals surface area contributed by atoms with Crippen molar-refractivity contribution in [2.24, 2.45) is 0 Å². The van der Waals surface area contributed by atoms with Gasteiger partial charge >= 0.3 is 0 Å².